The van der Waals surface area contributed by atoms with E-state index in [9.17, 15) is 4.79 Å². The summed E-state index contributed by atoms with van der Waals surface area (Å²) in [6.07, 6.45) is 7.64. The van der Waals surface area contributed by atoms with E-state index in [0.29, 0.717) is 32.4 Å². The summed E-state index contributed by atoms with van der Waals surface area (Å²) >= 11 is 0. The molecule has 1 aliphatic rings. The second kappa shape index (κ2) is 7.77. The van der Waals surface area contributed by atoms with Gasteiger partial charge in [-0.3, -0.25) is 4.79 Å². The molecule has 0 radical (unpaired) electrons. The molecule has 1 heterocycles. The van der Waals surface area contributed by atoms with Crippen molar-refractivity contribution in [3.05, 3.63) is 29.3 Å². The van der Waals surface area contributed by atoms with Gasteiger partial charge in [-0.05, 0) is 25.0 Å². The van der Waals surface area contributed by atoms with E-state index in [-0.39, 0.29) is 5.91 Å². The van der Waals surface area contributed by atoms with Crippen molar-refractivity contribution in [2.24, 2.45) is 10.2 Å². The zero-order valence-corrected chi connectivity index (χ0v) is 13.8. The predicted molar refractivity (Wildman–Crippen MR) is 89.3 cm³/mol. The fraction of sp³-hybridized carbons (Fsp3) is 0.500. The number of rotatable bonds is 9. The molecule has 0 unspecified atom stereocenters. The molecular formula is C18H23N3O2. The molecule has 1 aromatic carbocycles. The van der Waals surface area contributed by atoms with Crippen LogP contribution in [-0.2, 0) is 4.79 Å². The minimum absolute atomic E-state index is 0.00696. The lowest BCUT2D eigenvalue weighted by molar-refractivity contribution is -0.121. The van der Waals surface area contributed by atoms with Crippen LogP contribution in [0.5, 0.6) is 5.75 Å². The number of terminal acetylenes is 1. The lowest BCUT2D eigenvalue weighted by atomic mass is 10.0. The summed E-state index contributed by atoms with van der Waals surface area (Å²) in [5, 5.41) is 10.9. The van der Waals surface area contributed by atoms with E-state index in [0.717, 1.165) is 23.3 Å². The molecular weight excluding hydrogens is 290 g/mol. The van der Waals surface area contributed by atoms with Crippen LogP contribution in [0.15, 0.2) is 28.4 Å². The van der Waals surface area contributed by atoms with E-state index in [4.69, 9.17) is 11.2 Å². The van der Waals surface area contributed by atoms with Gasteiger partial charge in [0, 0.05) is 25.7 Å². The quantitative estimate of drug-likeness (QED) is 0.562. The van der Waals surface area contributed by atoms with Gasteiger partial charge in [0.25, 0.3) is 0 Å². The van der Waals surface area contributed by atoms with Crippen LogP contribution in [-0.4, -0.2) is 24.7 Å². The van der Waals surface area contributed by atoms with Crippen LogP contribution in [0.1, 0.15) is 36.8 Å². The zero-order valence-electron chi connectivity index (χ0n) is 13.8. The van der Waals surface area contributed by atoms with Gasteiger partial charge in [-0.1, -0.05) is 18.2 Å². The normalized spacial score (nSPS) is 14.1. The van der Waals surface area contributed by atoms with Gasteiger partial charge in [0.15, 0.2) is 5.66 Å². The highest BCUT2D eigenvalue weighted by Crippen LogP contribution is 2.37. The van der Waals surface area contributed by atoms with E-state index in [1.165, 1.54) is 0 Å². The maximum Gasteiger partial charge on any atom is 0.220 e. The predicted octanol–water partition coefficient (Wildman–Crippen LogP) is 3.15. The Bertz CT molecular complexity index is 605. The Morgan fingerprint density at radius 1 is 1.30 bits per heavy atom. The molecule has 0 bridgehead atoms. The number of hydrogen-bond donors (Lipinski definition) is 1. The molecule has 0 saturated heterocycles. The van der Waals surface area contributed by atoms with Crippen molar-refractivity contribution in [2.75, 3.05) is 13.2 Å². The van der Waals surface area contributed by atoms with Gasteiger partial charge in [-0.25, -0.2) is 0 Å². The summed E-state index contributed by atoms with van der Waals surface area (Å²) in [6.45, 7) is 4.96. The first-order valence-corrected chi connectivity index (χ1v) is 7.89. The second-order valence-electron chi connectivity index (χ2n) is 5.81. The summed E-state index contributed by atoms with van der Waals surface area (Å²) in [5.74, 6) is 3.47. The molecule has 2 rings (SSSR count). The van der Waals surface area contributed by atoms with E-state index in [2.05, 4.69) is 21.5 Å². The molecule has 122 valence electrons. The van der Waals surface area contributed by atoms with E-state index in [1.807, 2.05) is 32.0 Å². The van der Waals surface area contributed by atoms with Crippen molar-refractivity contribution in [1.29, 1.82) is 0 Å². The number of ether oxygens (including phenoxy) is 1. The number of hydrogen-bond acceptors (Lipinski definition) is 4. The van der Waals surface area contributed by atoms with Gasteiger partial charge in [-0.2, -0.15) is 10.2 Å². The van der Waals surface area contributed by atoms with Crippen molar-refractivity contribution in [3.63, 3.8) is 0 Å². The van der Waals surface area contributed by atoms with Gasteiger partial charge >= 0.3 is 0 Å². The van der Waals surface area contributed by atoms with Crippen LogP contribution in [0.3, 0.4) is 0 Å². The average molecular weight is 313 g/mol. The second-order valence-corrected chi connectivity index (χ2v) is 5.81. The summed E-state index contributed by atoms with van der Waals surface area (Å²) in [5.41, 5.74) is 1.81. The highest BCUT2D eigenvalue weighted by atomic mass is 16.5. The third-order valence-electron chi connectivity index (χ3n) is 3.88. The maximum absolute atomic E-state index is 11.8. The first kappa shape index (κ1) is 17.0. The number of nitrogens with zero attached hydrogens (tertiary/aromatic N) is 2. The zero-order chi connectivity index (χ0) is 16.7. The van der Waals surface area contributed by atoms with Crippen LogP contribution in [0.4, 0.5) is 0 Å². The molecule has 0 aliphatic carbocycles. The average Bonchev–Trinajstić information content (AvgIpc) is 3.30. The first-order valence-electron chi connectivity index (χ1n) is 7.89. The van der Waals surface area contributed by atoms with E-state index < -0.39 is 5.66 Å². The third kappa shape index (κ3) is 5.10. The molecule has 23 heavy (non-hydrogen) atoms. The standard InChI is InChI=1S/C18H23N3O2/c1-4-5-10-18(20-21-18)11-9-16(22)19-12-13-23-17-14(2)7-6-8-15(17)3/h1,6-8H,5,9-13H2,2-3H3,(H,19,22). The molecule has 0 saturated carbocycles. The topological polar surface area (TPSA) is 63.0 Å². The van der Waals surface area contributed by atoms with Crippen LogP contribution >= 0.6 is 0 Å². The fourth-order valence-electron chi connectivity index (χ4n) is 2.44. The number of nitrogens with one attached hydrogen (secondary N) is 1. The minimum atomic E-state index is -0.390. The van der Waals surface area contributed by atoms with Gasteiger partial charge in [0.05, 0.1) is 6.54 Å². The minimum Gasteiger partial charge on any atom is -0.491 e. The van der Waals surface area contributed by atoms with Crippen molar-refractivity contribution < 1.29 is 9.53 Å². The van der Waals surface area contributed by atoms with Crippen LogP contribution in [0.25, 0.3) is 0 Å². The first-order chi connectivity index (χ1) is 11.1. The van der Waals surface area contributed by atoms with Gasteiger partial charge in [0.1, 0.15) is 12.4 Å². The Morgan fingerprint density at radius 3 is 2.61 bits per heavy atom. The third-order valence-corrected chi connectivity index (χ3v) is 3.88. The Morgan fingerprint density at radius 2 is 2.00 bits per heavy atom. The van der Waals surface area contributed by atoms with Gasteiger partial charge < -0.3 is 10.1 Å². The van der Waals surface area contributed by atoms with Gasteiger partial charge in [-0.15, -0.1) is 12.3 Å². The summed E-state index contributed by atoms with van der Waals surface area (Å²) in [7, 11) is 0. The number of benzene rings is 1. The monoisotopic (exact) mass is 313 g/mol. The maximum atomic E-state index is 11.8. The molecule has 0 aromatic heterocycles. The van der Waals surface area contributed by atoms with E-state index >= 15 is 0 Å². The summed E-state index contributed by atoms with van der Waals surface area (Å²) in [6, 6.07) is 6.03. The molecule has 1 aliphatic heterocycles. The molecule has 0 atom stereocenters. The number of carbonyl (C=O) groups is 1. The highest BCUT2D eigenvalue weighted by Gasteiger charge is 2.39. The Labute approximate surface area is 137 Å². The molecule has 5 nitrogen and oxygen atoms in total. The largest absolute Gasteiger partial charge is 0.491 e. The number of amides is 1. The van der Waals surface area contributed by atoms with Crippen LogP contribution < -0.4 is 10.1 Å². The van der Waals surface area contributed by atoms with Crippen molar-refractivity contribution in [2.45, 2.75) is 45.2 Å². The van der Waals surface area contributed by atoms with Gasteiger partial charge in [0.2, 0.25) is 5.91 Å². The Kier molecular flexibility index (Phi) is 5.75. The molecule has 5 heteroatoms. The van der Waals surface area contributed by atoms with Crippen LogP contribution in [0, 0.1) is 26.2 Å². The molecule has 0 spiro atoms. The van der Waals surface area contributed by atoms with Crippen LogP contribution in [0.2, 0.25) is 0 Å². The number of aryl methyl sites for hydroxylation is 2. The Hall–Kier alpha value is -2.35. The lowest BCUT2D eigenvalue weighted by Gasteiger charge is -2.13. The lowest BCUT2D eigenvalue weighted by Crippen LogP contribution is -2.29. The SMILES string of the molecule is C#CCCC1(CCC(=O)NCCOc2c(C)cccc2C)N=N1. The fourth-order valence-corrected chi connectivity index (χ4v) is 2.44. The molecule has 1 N–H and O–H groups in total. The van der Waals surface area contributed by atoms with Crippen molar-refractivity contribution in [3.8, 4) is 18.1 Å². The Balaban J connectivity index is 1.63. The highest BCUT2D eigenvalue weighted by molar-refractivity contribution is 5.75. The molecule has 1 amide bonds. The number of para-hydroxylation sites is 1. The summed E-state index contributed by atoms with van der Waals surface area (Å²) in [4.78, 5) is 11.8. The van der Waals surface area contributed by atoms with E-state index in [1.54, 1.807) is 0 Å². The summed E-state index contributed by atoms with van der Waals surface area (Å²) < 4.78 is 5.75. The number of carbonyl (C=O) groups excluding carboxylic acids is 1. The van der Waals surface area contributed by atoms with Crippen molar-refractivity contribution >= 4 is 5.91 Å². The molecule has 1 aromatic rings. The van der Waals surface area contributed by atoms with Crippen molar-refractivity contribution in [1.82, 2.24) is 5.32 Å². The molecule has 0 fully saturated rings. The smallest absolute Gasteiger partial charge is 0.220 e.